The molecule has 9 heteroatoms. The van der Waals surface area contributed by atoms with Crippen LogP contribution in [0.2, 0.25) is 0 Å². The molecular formula is C62H102NO8+. The van der Waals surface area contributed by atoms with Crippen LogP contribution in [-0.2, 0) is 33.3 Å². The lowest BCUT2D eigenvalue weighted by molar-refractivity contribution is -0.870. The molecule has 0 saturated heterocycles. The Balaban J connectivity index is 4.28. The standard InChI is InChI=1S/C62H101NO8/c1-6-8-10-12-14-16-18-19-20-21-22-23-24-25-26-27-28-29-30-31-32-33-34-35-36-37-38-39-40-41-43-45-47-49-51-53-60(65)71-58(57-70-62(61(66)67)68-55-54-63(3,4)5)56-69-59(64)52-50-48-46-44-42-17-15-13-11-9-7-2/h8,10,14,16,19-20,22-23,25-26,28-29,31-32,34-35,37-38,40-41,58,62H,6-7,9,11-13,15,17-18,21,24,27,30,33,36,39,42-57H2,1-5H3/p+1/b10-8-,16-14-,20-19-,23-22-,26-25-,29-28-,32-31-,35-34-,38-37-,41-40-. The molecule has 9 nitrogen and oxygen atoms in total. The van der Waals surface area contributed by atoms with Gasteiger partial charge < -0.3 is 28.5 Å². The topological polar surface area (TPSA) is 108 Å². The van der Waals surface area contributed by atoms with E-state index in [1.807, 2.05) is 21.1 Å². The second kappa shape index (κ2) is 52.0. The summed E-state index contributed by atoms with van der Waals surface area (Å²) in [5.74, 6) is -2.05. The Morgan fingerprint density at radius 2 is 0.803 bits per heavy atom. The number of ether oxygens (including phenoxy) is 4. The highest BCUT2D eigenvalue weighted by atomic mass is 16.7. The molecule has 0 spiro atoms. The number of carboxylic acids is 1. The van der Waals surface area contributed by atoms with E-state index in [1.54, 1.807) is 0 Å². The quantitative estimate of drug-likeness (QED) is 0.0211. The third kappa shape index (κ3) is 53.3. The lowest BCUT2D eigenvalue weighted by atomic mass is 10.1. The number of allylic oxidation sites excluding steroid dienone is 20. The Labute approximate surface area is 434 Å². The summed E-state index contributed by atoms with van der Waals surface area (Å²) in [6.45, 7) is 4.70. The van der Waals surface area contributed by atoms with Crippen molar-refractivity contribution in [3.05, 3.63) is 122 Å². The molecule has 0 bridgehead atoms. The number of quaternary nitrogens is 1. The predicted molar refractivity (Wildman–Crippen MR) is 299 cm³/mol. The van der Waals surface area contributed by atoms with Gasteiger partial charge in [-0.1, -0.05) is 212 Å². The lowest BCUT2D eigenvalue weighted by Crippen LogP contribution is -2.40. The maximum Gasteiger partial charge on any atom is 0.361 e. The van der Waals surface area contributed by atoms with Crippen LogP contribution in [0.15, 0.2) is 122 Å². The van der Waals surface area contributed by atoms with Gasteiger partial charge in [0.15, 0.2) is 6.10 Å². The van der Waals surface area contributed by atoms with Crippen molar-refractivity contribution >= 4 is 17.9 Å². The molecule has 0 radical (unpaired) electrons. The number of esters is 2. The van der Waals surface area contributed by atoms with Gasteiger partial charge in [-0.15, -0.1) is 0 Å². The number of carboxylic acid groups (broad SMARTS) is 1. The van der Waals surface area contributed by atoms with Crippen molar-refractivity contribution in [2.45, 2.75) is 206 Å². The second-order valence-electron chi connectivity index (χ2n) is 19.2. The Morgan fingerprint density at radius 1 is 0.437 bits per heavy atom. The maximum absolute atomic E-state index is 12.8. The smallest absolute Gasteiger partial charge is 0.361 e. The molecule has 402 valence electrons. The average molecular weight is 989 g/mol. The highest BCUT2D eigenvalue weighted by molar-refractivity contribution is 5.71. The molecule has 0 fully saturated rings. The molecule has 0 aromatic rings. The van der Waals surface area contributed by atoms with Gasteiger partial charge in [-0.05, 0) is 89.9 Å². The van der Waals surface area contributed by atoms with Crippen molar-refractivity contribution in [2.24, 2.45) is 0 Å². The summed E-state index contributed by atoms with van der Waals surface area (Å²) in [6.07, 6.45) is 70.0. The molecule has 2 atom stereocenters. The first-order valence-electron chi connectivity index (χ1n) is 27.7. The minimum atomic E-state index is -1.52. The molecule has 71 heavy (non-hydrogen) atoms. The van der Waals surface area contributed by atoms with Crippen LogP contribution in [0, 0.1) is 0 Å². The molecule has 2 unspecified atom stereocenters. The molecule has 0 rings (SSSR count). The molecule has 0 aromatic heterocycles. The van der Waals surface area contributed by atoms with Gasteiger partial charge >= 0.3 is 17.9 Å². The van der Waals surface area contributed by atoms with E-state index in [1.165, 1.54) is 51.4 Å². The predicted octanol–water partition coefficient (Wildman–Crippen LogP) is 16.1. The van der Waals surface area contributed by atoms with Crippen molar-refractivity contribution in [3.63, 3.8) is 0 Å². The van der Waals surface area contributed by atoms with Gasteiger partial charge in [0.05, 0.1) is 34.4 Å². The van der Waals surface area contributed by atoms with Crippen molar-refractivity contribution in [2.75, 3.05) is 47.5 Å². The van der Waals surface area contributed by atoms with E-state index in [0.29, 0.717) is 23.9 Å². The summed E-state index contributed by atoms with van der Waals surface area (Å²) in [5.41, 5.74) is 0. The maximum atomic E-state index is 12.8. The summed E-state index contributed by atoms with van der Waals surface area (Å²) in [7, 11) is 5.94. The number of rotatable bonds is 49. The number of likely N-dealkylation sites (N-methyl/N-ethyl adjacent to an activating group) is 1. The summed E-state index contributed by atoms with van der Waals surface area (Å²) in [5, 5.41) is 9.66. The van der Waals surface area contributed by atoms with Crippen molar-refractivity contribution in [3.8, 4) is 0 Å². The third-order valence-corrected chi connectivity index (χ3v) is 11.2. The first kappa shape index (κ1) is 66.7. The zero-order chi connectivity index (χ0) is 52.0. The largest absolute Gasteiger partial charge is 0.477 e. The summed E-state index contributed by atoms with van der Waals surface area (Å²) < 4.78 is 22.7. The third-order valence-electron chi connectivity index (χ3n) is 11.2. The number of nitrogens with zero attached hydrogens (tertiary/aromatic N) is 1. The van der Waals surface area contributed by atoms with E-state index in [-0.39, 0.29) is 32.2 Å². The van der Waals surface area contributed by atoms with E-state index in [0.717, 1.165) is 109 Å². The molecule has 0 aromatic carbocycles. The number of aliphatic carboxylic acids is 1. The van der Waals surface area contributed by atoms with Crippen LogP contribution in [-0.4, -0.2) is 87.4 Å². The summed E-state index contributed by atoms with van der Waals surface area (Å²) in [6, 6.07) is 0. The number of carbonyl (C=O) groups is 3. The Bertz CT molecular complexity index is 1570. The van der Waals surface area contributed by atoms with Crippen molar-refractivity contribution < 1.29 is 42.9 Å². The second-order valence-corrected chi connectivity index (χ2v) is 19.2. The van der Waals surface area contributed by atoms with Crippen LogP contribution in [0.4, 0.5) is 0 Å². The average Bonchev–Trinajstić information content (AvgIpc) is 3.34. The van der Waals surface area contributed by atoms with Crippen molar-refractivity contribution in [1.82, 2.24) is 0 Å². The van der Waals surface area contributed by atoms with Gasteiger partial charge in [0, 0.05) is 12.8 Å². The fourth-order valence-electron chi connectivity index (χ4n) is 6.98. The zero-order valence-corrected chi connectivity index (χ0v) is 45.6. The van der Waals surface area contributed by atoms with E-state index in [4.69, 9.17) is 18.9 Å². The fraction of sp³-hybridized carbons (Fsp3) is 0.629. The zero-order valence-electron chi connectivity index (χ0n) is 45.6. The van der Waals surface area contributed by atoms with E-state index in [2.05, 4.69) is 135 Å². The Kier molecular flexibility index (Phi) is 48.9. The normalized spacial score (nSPS) is 13.8. The number of hydrogen-bond acceptors (Lipinski definition) is 7. The summed E-state index contributed by atoms with van der Waals surface area (Å²) >= 11 is 0. The van der Waals surface area contributed by atoms with Crippen LogP contribution in [0.3, 0.4) is 0 Å². The molecule has 0 aliphatic rings. The number of hydrogen-bond donors (Lipinski definition) is 1. The van der Waals surface area contributed by atoms with Gasteiger partial charge in [0.2, 0.25) is 0 Å². The van der Waals surface area contributed by atoms with Gasteiger partial charge in [0.1, 0.15) is 13.2 Å². The Hall–Kier alpha value is -4.31. The SMILES string of the molecule is CC/C=C\C/C=C\C/C=C\C/C=C\C/C=C\C/C=C\C/C=C\C/C=C\C/C=C\C/C=C\CCCCCCC(=O)OC(COC(=O)CCCCCCCCCCCCC)COC(OCC[N+](C)(C)C)C(=O)O. The van der Waals surface area contributed by atoms with E-state index in [9.17, 15) is 19.5 Å². The van der Waals surface area contributed by atoms with Gasteiger partial charge in [-0.25, -0.2) is 4.79 Å². The molecule has 0 heterocycles. The van der Waals surface area contributed by atoms with Crippen LogP contribution >= 0.6 is 0 Å². The fourth-order valence-corrected chi connectivity index (χ4v) is 6.98. The summed E-state index contributed by atoms with van der Waals surface area (Å²) in [4.78, 5) is 37.2. The van der Waals surface area contributed by atoms with Crippen LogP contribution in [0.25, 0.3) is 0 Å². The highest BCUT2D eigenvalue weighted by Gasteiger charge is 2.25. The van der Waals surface area contributed by atoms with Crippen LogP contribution in [0.5, 0.6) is 0 Å². The number of unbranched alkanes of at least 4 members (excludes halogenated alkanes) is 14. The minimum Gasteiger partial charge on any atom is -0.477 e. The minimum absolute atomic E-state index is 0.177. The highest BCUT2D eigenvalue weighted by Crippen LogP contribution is 2.14. The van der Waals surface area contributed by atoms with Crippen LogP contribution < -0.4 is 0 Å². The Morgan fingerprint density at radius 3 is 1.20 bits per heavy atom. The molecular weight excluding hydrogens is 887 g/mol. The van der Waals surface area contributed by atoms with Gasteiger partial charge in [-0.2, -0.15) is 0 Å². The molecule has 0 aliphatic heterocycles. The molecule has 0 saturated carbocycles. The lowest BCUT2D eigenvalue weighted by Gasteiger charge is -2.25. The first-order valence-corrected chi connectivity index (χ1v) is 27.7. The first-order chi connectivity index (χ1) is 34.6. The molecule has 0 aliphatic carbocycles. The van der Waals surface area contributed by atoms with Crippen molar-refractivity contribution in [1.29, 1.82) is 0 Å². The molecule has 0 amide bonds. The number of carbonyl (C=O) groups excluding carboxylic acids is 2. The molecule has 1 N–H and O–H groups in total. The van der Waals surface area contributed by atoms with Gasteiger partial charge in [-0.3, -0.25) is 9.59 Å². The van der Waals surface area contributed by atoms with E-state index >= 15 is 0 Å². The van der Waals surface area contributed by atoms with E-state index < -0.39 is 24.3 Å². The van der Waals surface area contributed by atoms with Gasteiger partial charge in [0.25, 0.3) is 6.29 Å². The van der Waals surface area contributed by atoms with Crippen LogP contribution in [0.1, 0.15) is 194 Å². The monoisotopic (exact) mass is 989 g/mol.